The van der Waals surface area contributed by atoms with Crippen LogP contribution in [-0.2, 0) is 15.1 Å². The normalized spacial score (nSPS) is 18.3. The molecule has 3 N–H and O–H groups in total. The van der Waals surface area contributed by atoms with E-state index in [1.54, 1.807) is 6.20 Å². The number of carbonyl (C=O) groups is 3. The summed E-state index contributed by atoms with van der Waals surface area (Å²) < 4.78 is 1.99. The summed E-state index contributed by atoms with van der Waals surface area (Å²) in [6.07, 6.45) is 10.5. The third-order valence-electron chi connectivity index (χ3n) is 12.5. The molecule has 3 fully saturated rings. The van der Waals surface area contributed by atoms with Gasteiger partial charge in [0.15, 0.2) is 0 Å². The fraction of sp³-hybridized carbons (Fsp3) is 0.435. The smallest absolute Gasteiger partial charge is 0.293 e. The molecule has 64 heavy (non-hydrogen) atoms. The molecule has 3 amide bonds. The number of anilines is 3. The second kappa shape index (κ2) is 17.7. The number of tetrazole rings is 1. The minimum atomic E-state index is -0.441. The maximum atomic E-state index is 13.0. The highest BCUT2D eigenvalue weighted by Crippen LogP contribution is 2.30. The van der Waals surface area contributed by atoms with Crippen LogP contribution in [0.25, 0.3) is 28.3 Å². The number of aryl methyl sites for hydroxylation is 1. The van der Waals surface area contributed by atoms with Gasteiger partial charge in [-0.05, 0) is 106 Å². The van der Waals surface area contributed by atoms with Gasteiger partial charge < -0.3 is 20.4 Å². The predicted molar refractivity (Wildman–Crippen MR) is 243 cm³/mol. The highest BCUT2D eigenvalue weighted by atomic mass is 16.2. The van der Waals surface area contributed by atoms with E-state index < -0.39 is 6.04 Å². The van der Waals surface area contributed by atoms with Gasteiger partial charge in [-0.15, -0.1) is 10.2 Å². The highest BCUT2D eigenvalue weighted by Gasteiger charge is 2.28. The van der Waals surface area contributed by atoms with Crippen LogP contribution in [0.3, 0.4) is 0 Å². The number of hydrogen-bond donors (Lipinski definition) is 3. The van der Waals surface area contributed by atoms with Gasteiger partial charge in [-0.25, -0.2) is 19.9 Å². The average molecular weight is 866 g/mol. The van der Waals surface area contributed by atoms with Crippen molar-refractivity contribution in [1.29, 1.82) is 0 Å². The molecule has 1 unspecified atom stereocenters. The lowest BCUT2D eigenvalue weighted by Gasteiger charge is -2.39. The number of imidazole rings is 1. The molecular formula is C46H55N15O3. The van der Waals surface area contributed by atoms with Crippen LogP contribution in [0.1, 0.15) is 81.2 Å². The maximum Gasteiger partial charge on any atom is 0.293 e. The third kappa shape index (κ3) is 9.27. The fourth-order valence-electron chi connectivity index (χ4n) is 8.80. The van der Waals surface area contributed by atoms with Gasteiger partial charge >= 0.3 is 0 Å². The Morgan fingerprint density at radius 1 is 0.891 bits per heavy atom. The van der Waals surface area contributed by atoms with Crippen molar-refractivity contribution in [3.05, 3.63) is 90.3 Å². The van der Waals surface area contributed by atoms with Crippen LogP contribution in [-0.4, -0.2) is 119 Å². The minimum absolute atomic E-state index is 0.0354. The molecule has 6 aromatic rings. The van der Waals surface area contributed by atoms with Crippen molar-refractivity contribution < 1.29 is 14.4 Å². The summed E-state index contributed by atoms with van der Waals surface area (Å²) in [6, 6.07) is 15.6. The van der Waals surface area contributed by atoms with E-state index in [0.717, 1.165) is 110 Å². The van der Waals surface area contributed by atoms with Crippen LogP contribution < -0.4 is 25.8 Å². The fourth-order valence-corrected chi connectivity index (χ4v) is 8.80. The monoisotopic (exact) mass is 865 g/mol. The number of nitrogens with zero attached hydrogens (tertiary/aromatic N) is 12. The summed E-state index contributed by atoms with van der Waals surface area (Å²) in [6.45, 7) is 16.7. The first-order chi connectivity index (χ1) is 30.8. The van der Waals surface area contributed by atoms with Gasteiger partial charge in [0, 0.05) is 88.0 Å². The van der Waals surface area contributed by atoms with Crippen LogP contribution in [0.4, 0.5) is 17.3 Å². The van der Waals surface area contributed by atoms with E-state index in [1.807, 2.05) is 81.9 Å². The first kappa shape index (κ1) is 42.5. The number of rotatable bonds is 11. The van der Waals surface area contributed by atoms with E-state index in [4.69, 9.17) is 9.97 Å². The van der Waals surface area contributed by atoms with Crippen LogP contribution in [0.5, 0.6) is 0 Å². The van der Waals surface area contributed by atoms with Crippen LogP contribution in [0, 0.1) is 12.8 Å². The van der Waals surface area contributed by atoms with Crippen molar-refractivity contribution in [2.24, 2.45) is 5.92 Å². The molecule has 3 saturated heterocycles. The second-order valence-electron chi connectivity index (χ2n) is 18.1. The van der Waals surface area contributed by atoms with Crippen molar-refractivity contribution in [3.63, 3.8) is 0 Å². The molecule has 0 saturated carbocycles. The molecule has 332 valence electrons. The Morgan fingerprint density at radius 2 is 1.69 bits per heavy atom. The zero-order valence-electron chi connectivity index (χ0n) is 37.0. The number of piperazine rings is 1. The molecule has 1 aromatic carbocycles. The van der Waals surface area contributed by atoms with E-state index in [2.05, 4.69) is 80.3 Å². The number of amides is 3. The quantitative estimate of drug-likeness (QED) is 0.152. The molecule has 3 aliphatic rings. The van der Waals surface area contributed by atoms with E-state index in [0.29, 0.717) is 24.6 Å². The lowest BCUT2D eigenvalue weighted by molar-refractivity contribution is -0.133. The number of aromatic nitrogens is 9. The number of imide groups is 1. The molecule has 0 radical (unpaired) electrons. The Kier molecular flexibility index (Phi) is 11.8. The second-order valence-corrected chi connectivity index (χ2v) is 18.1. The number of benzene rings is 1. The van der Waals surface area contributed by atoms with E-state index >= 15 is 0 Å². The van der Waals surface area contributed by atoms with Gasteiger partial charge in [0.25, 0.3) is 11.7 Å². The van der Waals surface area contributed by atoms with Crippen LogP contribution in [0.15, 0.2) is 73.3 Å². The third-order valence-corrected chi connectivity index (χ3v) is 12.5. The van der Waals surface area contributed by atoms with E-state index in [-0.39, 0.29) is 35.1 Å². The molecule has 8 heterocycles. The van der Waals surface area contributed by atoms with Crippen molar-refractivity contribution in [2.75, 3.05) is 60.9 Å². The first-order valence-electron chi connectivity index (χ1n) is 22.2. The van der Waals surface area contributed by atoms with E-state index in [9.17, 15) is 14.4 Å². The summed E-state index contributed by atoms with van der Waals surface area (Å²) in [5, 5.41) is 20.8. The molecule has 5 aromatic heterocycles. The molecule has 3 aliphatic heterocycles. The number of carbonyl (C=O) groups excluding carboxylic acids is 3. The Labute approximate surface area is 371 Å². The summed E-state index contributed by atoms with van der Waals surface area (Å²) >= 11 is 0. The topological polar surface area (TPSA) is 197 Å². The zero-order chi connectivity index (χ0) is 44.5. The van der Waals surface area contributed by atoms with Gasteiger partial charge in [0.1, 0.15) is 29.1 Å². The first-order valence-corrected chi connectivity index (χ1v) is 22.2. The number of nitrogens with one attached hydrogen (secondary N) is 3. The van der Waals surface area contributed by atoms with Gasteiger partial charge in [0.05, 0.1) is 29.2 Å². The number of fused-ring (bicyclic) bond motifs is 1. The molecule has 0 spiro atoms. The maximum absolute atomic E-state index is 13.0. The van der Waals surface area contributed by atoms with Gasteiger partial charge in [0.2, 0.25) is 11.8 Å². The molecule has 18 heteroatoms. The van der Waals surface area contributed by atoms with Crippen molar-refractivity contribution in [1.82, 2.24) is 60.1 Å². The SMILES string of the molecule is Cc1cc(-c2nc(-c3ccc(N4CCN(CC5CCN(c6ccc(NC7CCC(=O)NC7=O)nc6)CC5)CC4)nc3)cc3nccn23)ccc1[C@@H](C)NC(=O)c1nnn(C(C)(C)C)n1. The van der Waals surface area contributed by atoms with Crippen molar-refractivity contribution in [3.8, 4) is 22.6 Å². The molecule has 0 aliphatic carbocycles. The predicted octanol–water partition coefficient (Wildman–Crippen LogP) is 4.65. The van der Waals surface area contributed by atoms with E-state index in [1.165, 1.54) is 4.80 Å². The van der Waals surface area contributed by atoms with Gasteiger partial charge in [-0.3, -0.25) is 29.0 Å². The number of hydrogen-bond acceptors (Lipinski definition) is 14. The molecule has 9 rings (SSSR count). The summed E-state index contributed by atoms with van der Waals surface area (Å²) in [4.78, 5) is 64.6. The summed E-state index contributed by atoms with van der Waals surface area (Å²) in [7, 11) is 0. The van der Waals surface area contributed by atoms with Crippen LogP contribution in [0.2, 0.25) is 0 Å². The Morgan fingerprint density at radius 3 is 2.38 bits per heavy atom. The lowest BCUT2D eigenvalue weighted by Crippen LogP contribution is -2.49. The number of pyridine rings is 2. The largest absolute Gasteiger partial charge is 0.370 e. The van der Waals surface area contributed by atoms with Crippen molar-refractivity contribution >= 4 is 40.7 Å². The Balaban J connectivity index is 0.774. The molecular weight excluding hydrogens is 811 g/mol. The van der Waals surface area contributed by atoms with Crippen LogP contribution >= 0.6 is 0 Å². The molecule has 18 nitrogen and oxygen atoms in total. The summed E-state index contributed by atoms with van der Waals surface area (Å²) in [5.74, 6) is 2.15. The van der Waals surface area contributed by atoms with Gasteiger partial charge in [-0.1, -0.05) is 12.1 Å². The summed E-state index contributed by atoms with van der Waals surface area (Å²) in [5.41, 5.74) is 6.11. The lowest BCUT2D eigenvalue weighted by atomic mass is 9.95. The molecule has 0 bridgehead atoms. The average Bonchev–Trinajstić information content (AvgIpc) is 4.00. The minimum Gasteiger partial charge on any atom is -0.370 e. The zero-order valence-corrected chi connectivity index (χ0v) is 37.0. The Bertz CT molecular complexity index is 2640. The Hall–Kier alpha value is -6.82. The molecule has 2 atom stereocenters. The van der Waals surface area contributed by atoms with Crippen molar-refractivity contribution in [2.45, 2.75) is 77.9 Å². The van der Waals surface area contributed by atoms with Gasteiger partial charge in [-0.2, -0.15) is 4.80 Å². The number of piperidine rings is 2. The highest BCUT2D eigenvalue weighted by molar-refractivity contribution is 6.01. The standard InChI is InChI=1S/C46H55N15O3/c1-29-24-32(6-9-35(29)30(2)50-45(64)42-54-56-61(55-42)46(3,4)5)43-52-37(25-40-47-16-19-60(40)43)33-7-12-39(49-26-33)59-22-20-57(21-23-59)28-31-14-17-58(18-15-31)34-8-11-38(48-27-34)51-36-10-13-41(62)53-44(36)63/h6-9,11-12,16,19,24-27,30-31,36H,10,13-15,17-18,20-23,28H2,1-5H3,(H,48,51)(H,50,64)(H,53,62,63)/t30-,36?/m1/s1.